The molecule has 63 heavy (non-hydrogen) atoms. The first-order chi connectivity index (χ1) is 30.5. The van der Waals surface area contributed by atoms with Crippen LogP contribution in [0.15, 0.2) is 182 Å². The van der Waals surface area contributed by atoms with E-state index in [9.17, 15) is 10.5 Å². The summed E-state index contributed by atoms with van der Waals surface area (Å²) in [5.41, 5.74) is 13.3. The Hall–Kier alpha value is -7.23. The van der Waals surface area contributed by atoms with E-state index in [-0.39, 0.29) is 4.66 Å². The van der Waals surface area contributed by atoms with Gasteiger partial charge in [0.15, 0.2) is 0 Å². The predicted octanol–water partition coefficient (Wildman–Crippen LogP) is 15.9. The molecule has 6 heteroatoms. The molecule has 9 aromatic rings. The molecule has 10 rings (SSSR count). The number of nitriles is 2. The molecule has 0 radical (unpaired) electrons. The largest absolute Gasteiger partial charge is 0.310 e. The number of hydrogen-bond acceptors (Lipinski definition) is 4. The first kappa shape index (κ1) is 39.9. The second-order valence-corrected chi connectivity index (χ2v) is 29.8. The van der Waals surface area contributed by atoms with Crippen LogP contribution in [0.3, 0.4) is 0 Å². The number of hydrogen-bond donors (Lipinski definition) is 0. The fraction of sp³-hybridized carbons (Fsp3) is 0.123. The average Bonchev–Trinajstić information content (AvgIpc) is 3.64. The van der Waals surface area contributed by atoms with Gasteiger partial charge in [0.2, 0.25) is 0 Å². The van der Waals surface area contributed by atoms with Crippen molar-refractivity contribution in [3.63, 3.8) is 0 Å². The van der Waals surface area contributed by atoms with Crippen molar-refractivity contribution in [1.82, 2.24) is 0 Å². The quantitative estimate of drug-likeness (QED) is 0.113. The second-order valence-electron chi connectivity index (χ2n) is 18.8. The molecular formula is C57H48N4Si2. The van der Waals surface area contributed by atoms with Crippen molar-refractivity contribution in [1.29, 1.82) is 10.5 Å². The van der Waals surface area contributed by atoms with Gasteiger partial charge in [-0.05, 0) is 140 Å². The third-order valence-electron chi connectivity index (χ3n) is 13.3. The Bertz CT molecular complexity index is 3300. The van der Waals surface area contributed by atoms with Gasteiger partial charge in [0.25, 0.3) is 0 Å². The number of benzene rings is 9. The summed E-state index contributed by atoms with van der Waals surface area (Å²) >= 11 is 0. The maximum absolute atomic E-state index is 9.79. The van der Waals surface area contributed by atoms with Crippen LogP contribution in [0.1, 0.15) is 22.3 Å². The summed E-state index contributed by atoms with van der Waals surface area (Å²) in [6.45, 7) is 15.6. The van der Waals surface area contributed by atoms with Gasteiger partial charge in [0.1, 0.15) is 0 Å². The zero-order valence-electron chi connectivity index (χ0n) is 36.6. The number of nitrogens with zero attached hydrogens (tertiary/aromatic N) is 4. The fourth-order valence-electron chi connectivity index (χ4n) is 11.3. The average molecular weight is 845 g/mol. The Morgan fingerprint density at radius 3 is 1.33 bits per heavy atom. The summed E-state index contributed by atoms with van der Waals surface area (Å²) in [6, 6.07) is 69.6. The van der Waals surface area contributed by atoms with E-state index >= 15 is 0 Å². The van der Waals surface area contributed by atoms with Crippen LogP contribution in [0, 0.1) is 22.7 Å². The summed E-state index contributed by atoms with van der Waals surface area (Å²) in [4.78, 5) is 4.71. The normalized spacial score (nSPS) is 13.0. The standard InChI is InChI=1S/C57H48N4Si2/c1-62(2,3)57(63(4,5)6)52-36-53(61(42-19-11-8-12-20-42)44-31-27-40(38-59)28-32-44)47-22-14-16-24-49(47)54(52)55-48-23-15-13-21-46(48)51-35-45(33-34-50(51)56(55)57)60(41-17-9-7-10-18-41)43-29-25-39(37-58)26-30-43/h7-36H,1-6H3. The maximum Gasteiger partial charge on any atom is 0.0991 e. The van der Waals surface area contributed by atoms with Crippen LogP contribution in [-0.2, 0) is 4.66 Å². The molecule has 0 N–H and O–H groups in total. The molecule has 0 aliphatic heterocycles. The van der Waals surface area contributed by atoms with Crippen LogP contribution in [0.5, 0.6) is 0 Å². The lowest BCUT2D eigenvalue weighted by atomic mass is 9.89. The SMILES string of the molecule is C[Si](C)(C)C1([Si](C)(C)C)c2cc(N(c3ccccc3)c3ccc(C#N)cc3)c3ccccc3c2-c2c1c1ccc(N(c3ccccc3)c3ccc(C#N)cc3)cc1c1ccccc21. The van der Waals surface area contributed by atoms with Crippen LogP contribution < -0.4 is 9.80 Å². The van der Waals surface area contributed by atoms with Gasteiger partial charge in [-0.25, -0.2) is 0 Å². The summed E-state index contributed by atoms with van der Waals surface area (Å²) in [5, 5.41) is 27.0. The van der Waals surface area contributed by atoms with Crippen molar-refractivity contribution in [3.05, 3.63) is 204 Å². The number of para-hydroxylation sites is 2. The summed E-state index contributed by atoms with van der Waals surface area (Å²) in [5.74, 6) is 0. The van der Waals surface area contributed by atoms with Gasteiger partial charge >= 0.3 is 0 Å². The second kappa shape index (κ2) is 15.0. The van der Waals surface area contributed by atoms with Gasteiger partial charge in [-0.2, -0.15) is 10.5 Å². The zero-order chi connectivity index (χ0) is 43.7. The monoisotopic (exact) mass is 844 g/mol. The molecule has 0 spiro atoms. The summed E-state index contributed by atoms with van der Waals surface area (Å²) < 4.78 is -0.202. The fourth-order valence-corrected chi connectivity index (χ4v) is 24.3. The molecule has 0 amide bonds. The lowest BCUT2D eigenvalue weighted by Gasteiger charge is -2.52. The van der Waals surface area contributed by atoms with E-state index < -0.39 is 16.1 Å². The number of rotatable bonds is 8. The minimum Gasteiger partial charge on any atom is -0.310 e. The van der Waals surface area contributed by atoms with Gasteiger partial charge < -0.3 is 9.80 Å². The van der Waals surface area contributed by atoms with Gasteiger partial charge in [0.05, 0.1) is 45.1 Å². The molecule has 0 atom stereocenters. The molecule has 304 valence electrons. The van der Waals surface area contributed by atoms with E-state index in [4.69, 9.17) is 0 Å². The van der Waals surface area contributed by atoms with Crippen LogP contribution in [0.25, 0.3) is 43.4 Å². The lowest BCUT2D eigenvalue weighted by molar-refractivity contribution is 0.963. The summed E-state index contributed by atoms with van der Waals surface area (Å²) in [7, 11) is -4.42. The van der Waals surface area contributed by atoms with Crippen molar-refractivity contribution in [2.24, 2.45) is 0 Å². The van der Waals surface area contributed by atoms with E-state index in [1.54, 1.807) is 0 Å². The third kappa shape index (κ3) is 6.13. The Labute approximate surface area is 372 Å². The van der Waals surface area contributed by atoms with Gasteiger partial charge in [-0.3, -0.25) is 0 Å². The van der Waals surface area contributed by atoms with E-state index in [0.717, 1.165) is 34.1 Å². The van der Waals surface area contributed by atoms with Crippen LogP contribution in [-0.4, -0.2) is 16.1 Å². The van der Waals surface area contributed by atoms with E-state index in [1.165, 1.54) is 54.6 Å². The lowest BCUT2D eigenvalue weighted by Crippen LogP contribution is -2.63. The molecule has 0 bridgehead atoms. The van der Waals surface area contributed by atoms with Gasteiger partial charge in [0, 0.05) is 38.5 Å². The molecule has 0 unspecified atom stereocenters. The Kier molecular flexibility index (Phi) is 9.49. The molecule has 4 nitrogen and oxygen atoms in total. The highest BCUT2D eigenvalue weighted by Gasteiger charge is 2.60. The molecular weight excluding hydrogens is 797 g/mol. The van der Waals surface area contributed by atoms with Crippen molar-refractivity contribution < 1.29 is 0 Å². The van der Waals surface area contributed by atoms with Crippen molar-refractivity contribution in [2.75, 3.05) is 9.80 Å². The van der Waals surface area contributed by atoms with Crippen molar-refractivity contribution in [3.8, 4) is 23.3 Å². The molecule has 1 aliphatic carbocycles. The third-order valence-corrected chi connectivity index (χ3v) is 23.4. The van der Waals surface area contributed by atoms with Crippen LogP contribution in [0.2, 0.25) is 39.3 Å². The number of fused-ring (bicyclic) bond motifs is 10. The van der Waals surface area contributed by atoms with E-state index in [0.29, 0.717) is 11.1 Å². The molecule has 9 aromatic carbocycles. The van der Waals surface area contributed by atoms with E-state index in [2.05, 4.69) is 207 Å². The first-order valence-corrected chi connectivity index (χ1v) is 28.7. The predicted molar refractivity (Wildman–Crippen MR) is 271 cm³/mol. The topological polar surface area (TPSA) is 54.1 Å². The highest BCUT2D eigenvalue weighted by atomic mass is 28.4. The smallest absolute Gasteiger partial charge is 0.0991 e. The number of anilines is 6. The Morgan fingerprint density at radius 1 is 0.381 bits per heavy atom. The highest BCUT2D eigenvalue weighted by molar-refractivity contribution is 7.00. The Balaban J connectivity index is 1.34. The Morgan fingerprint density at radius 2 is 0.810 bits per heavy atom. The van der Waals surface area contributed by atoms with E-state index in [1.807, 2.05) is 36.4 Å². The molecule has 0 heterocycles. The minimum absolute atomic E-state index is 0.202. The van der Waals surface area contributed by atoms with Crippen molar-refractivity contribution in [2.45, 2.75) is 43.9 Å². The minimum atomic E-state index is -2.21. The highest BCUT2D eigenvalue weighted by Crippen LogP contribution is 2.64. The van der Waals surface area contributed by atoms with Crippen molar-refractivity contribution >= 4 is 82.6 Å². The maximum atomic E-state index is 9.79. The molecule has 0 aromatic heterocycles. The molecule has 0 saturated carbocycles. The molecule has 0 saturated heterocycles. The van der Waals surface area contributed by atoms with Crippen LogP contribution >= 0.6 is 0 Å². The first-order valence-electron chi connectivity index (χ1n) is 21.7. The molecule has 0 fully saturated rings. The summed E-state index contributed by atoms with van der Waals surface area (Å²) in [6.07, 6.45) is 0. The van der Waals surface area contributed by atoms with Gasteiger partial charge in [-0.1, -0.05) is 130 Å². The molecule has 1 aliphatic rings. The zero-order valence-corrected chi connectivity index (χ0v) is 38.6. The van der Waals surface area contributed by atoms with Crippen LogP contribution in [0.4, 0.5) is 34.1 Å². The van der Waals surface area contributed by atoms with Gasteiger partial charge in [-0.15, -0.1) is 0 Å².